The molecule has 0 aliphatic heterocycles. The molecule has 0 radical (unpaired) electrons. The Labute approximate surface area is 134 Å². The summed E-state index contributed by atoms with van der Waals surface area (Å²) in [6, 6.07) is 6.52. The SMILES string of the molecule is COc1ccc(Cl)cc1C1(CNC(C)C)CCC(C)CC1. The van der Waals surface area contributed by atoms with Gasteiger partial charge in [0.05, 0.1) is 7.11 Å². The molecule has 1 aromatic carbocycles. The molecule has 0 bridgehead atoms. The van der Waals surface area contributed by atoms with Crippen LogP contribution in [0.15, 0.2) is 18.2 Å². The number of hydrogen-bond donors (Lipinski definition) is 1. The lowest BCUT2D eigenvalue weighted by Crippen LogP contribution is -2.43. The number of benzene rings is 1. The van der Waals surface area contributed by atoms with Gasteiger partial charge in [-0.05, 0) is 49.8 Å². The highest BCUT2D eigenvalue weighted by atomic mass is 35.5. The Hall–Kier alpha value is -0.730. The average molecular weight is 310 g/mol. The zero-order valence-corrected chi connectivity index (χ0v) is 14.5. The van der Waals surface area contributed by atoms with E-state index in [4.69, 9.17) is 16.3 Å². The minimum Gasteiger partial charge on any atom is -0.496 e. The highest BCUT2D eigenvalue weighted by Gasteiger charge is 2.38. The number of rotatable bonds is 5. The van der Waals surface area contributed by atoms with Gasteiger partial charge in [-0.25, -0.2) is 0 Å². The highest BCUT2D eigenvalue weighted by Crippen LogP contribution is 2.45. The molecular formula is C18H28ClNO. The maximum atomic E-state index is 6.27. The van der Waals surface area contributed by atoms with E-state index in [1.54, 1.807) is 7.11 Å². The van der Waals surface area contributed by atoms with Crippen molar-refractivity contribution in [1.29, 1.82) is 0 Å². The normalized spacial score (nSPS) is 26.1. The maximum Gasteiger partial charge on any atom is 0.122 e. The third-order valence-electron chi connectivity index (χ3n) is 4.81. The van der Waals surface area contributed by atoms with Crippen molar-refractivity contribution in [3.8, 4) is 5.75 Å². The van der Waals surface area contributed by atoms with Crippen LogP contribution >= 0.6 is 11.6 Å². The predicted molar refractivity (Wildman–Crippen MR) is 90.5 cm³/mol. The molecule has 0 heterocycles. The Balaban J connectivity index is 2.37. The molecule has 1 aliphatic rings. The van der Waals surface area contributed by atoms with Crippen LogP contribution in [0.25, 0.3) is 0 Å². The molecule has 0 atom stereocenters. The van der Waals surface area contributed by atoms with Gasteiger partial charge in [-0.3, -0.25) is 0 Å². The Morgan fingerprint density at radius 2 is 2.00 bits per heavy atom. The van der Waals surface area contributed by atoms with Crippen LogP contribution in [0.2, 0.25) is 5.02 Å². The molecule has 0 saturated heterocycles. The third kappa shape index (κ3) is 3.92. The van der Waals surface area contributed by atoms with E-state index in [-0.39, 0.29) is 5.41 Å². The Morgan fingerprint density at radius 1 is 1.33 bits per heavy atom. The molecule has 1 aromatic rings. The molecule has 1 fully saturated rings. The number of methoxy groups -OCH3 is 1. The molecule has 118 valence electrons. The topological polar surface area (TPSA) is 21.3 Å². The Bertz CT molecular complexity index is 464. The monoisotopic (exact) mass is 309 g/mol. The smallest absolute Gasteiger partial charge is 0.122 e. The van der Waals surface area contributed by atoms with E-state index < -0.39 is 0 Å². The first-order chi connectivity index (χ1) is 9.97. The lowest BCUT2D eigenvalue weighted by molar-refractivity contribution is 0.223. The molecular weight excluding hydrogens is 282 g/mol. The lowest BCUT2D eigenvalue weighted by atomic mass is 9.66. The first-order valence-electron chi connectivity index (χ1n) is 8.04. The second kappa shape index (κ2) is 7.02. The summed E-state index contributed by atoms with van der Waals surface area (Å²) in [6.07, 6.45) is 4.94. The molecule has 0 spiro atoms. The summed E-state index contributed by atoms with van der Waals surface area (Å²) in [5, 5.41) is 4.44. The largest absolute Gasteiger partial charge is 0.496 e. The van der Waals surface area contributed by atoms with Crippen molar-refractivity contribution in [2.24, 2.45) is 5.92 Å². The van der Waals surface area contributed by atoms with E-state index in [1.165, 1.54) is 31.2 Å². The number of hydrogen-bond acceptors (Lipinski definition) is 2. The van der Waals surface area contributed by atoms with Crippen LogP contribution in [-0.4, -0.2) is 19.7 Å². The molecule has 2 rings (SSSR count). The summed E-state index contributed by atoms with van der Waals surface area (Å²) in [4.78, 5) is 0. The fourth-order valence-corrected chi connectivity index (χ4v) is 3.52. The Morgan fingerprint density at radius 3 is 2.57 bits per heavy atom. The fraction of sp³-hybridized carbons (Fsp3) is 0.667. The van der Waals surface area contributed by atoms with Crippen LogP contribution in [0.5, 0.6) is 5.75 Å². The summed E-state index contributed by atoms with van der Waals surface area (Å²) in [5.41, 5.74) is 1.42. The van der Waals surface area contributed by atoms with Gasteiger partial charge in [-0.2, -0.15) is 0 Å². The van der Waals surface area contributed by atoms with Crippen LogP contribution in [0.3, 0.4) is 0 Å². The minimum atomic E-state index is 0.146. The zero-order chi connectivity index (χ0) is 15.5. The zero-order valence-electron chi connectivity index (χ0n) is 13.7. The number of ether oxygens (including phenoxy) is 1. The quantitative estimate of drug-likeness (QED) is 0.844. The van der Waals surface area contributed by atoms with Gasteiger partial charge in [0, 0.05) is 28.6 Å². The molecule has 1 saturated carbocycles. The van der Waals surface area contributed by atoms with Crippen molar-refractivity contribution in [2.45, 2.75) is 57.9 Å². The van der Waals surface area contributed by atoms with E-state index in [0.717, 1.165) is 23.2 Å². The van der Waals surface area contributed by atoms with E-state index in [1.807, 2.05) is 12.1 Å². The van der Waals surface area contributed by atoms with Crippen molar-refractivity contribution < 1.29 is 4.74 Å². The van der Waals surface area contributed by atoms with Crippen LogP contribution in [0.1, 0.15) is 52.0 Å². The van der Waals surface area contributed by atoms with Gasteiger partial charge in [0.1, 0.15) is 5.75 Å². The third-order valence-corrected chi connectivity index (χ3v) is 5.05. The van der Waals surface area contributed by atoms with Gasteiger partial charge in [0.15, 0.2) is 0 Å². The summed E-state index contributed by atoms with van der Waals surface area (Å²) in [7, 11) is 1.75. The number of nitrogens with one attached hydrogen (secondary N) is 1. The molecule has 0 unspecified atom stereocenters. The number of halogens is 1. The van der Waals surface area contributed by atoms with E-state index in [0.29, 0.717) is 6.04 Å². The average Bonchev–Trinajstić information content (AvgIpc) is 2.47. The van der Waals surface area contributed by atoms with E-state index in [9.17, 15) is 0 Å². The second-order valence-corrected chi connectivity index (χ2v) is 7.28. The van der Waals surface area contributed by atoms with Gasteiger partial charge >= 0.3 is 0 Å². The van der Waals surface area contributed by atoms with Gasteiger partial charge < -0.3 is 10.1 Å². The molecule has 0 amide bonds. The van der Waals surface area contributed by atoms with Crippen molar-refractivity contribution >= 4 is 11.6 Å². The Kier molecular flexibility index (Phi) is 5.56. The first-order valence-corrected chi connectivity index (χ1v) is 8.42. The van der Waals surface area contributed by atoms with Crippen molar-refractivity contribution in [2.75, 3.05) is 13.7 Å². The second-order valence-electron chi connectivity index (χ2n) is 6.84. The molecule has 21 heavy (non-hydrogen) atoms. The molecule has 1 N–H and O–H groups in total. The highest BCUT2D eigenvalue weighted by molar-refractivity contribution is 6.30. The van der Waals surface area contributed by atoms with Gasteiger partial charge in [0.2, 0.25) is 0 Å². The summed E-state index contributed by atoms with van der Waals surface area (Å²) < 4.78 is 5.63. The maximum absolute atomic E-state index is 6.27. The first kappa shape index (κ1) is 16.6. The summed E-state index contributed by atoms with van der Waals surface area (Å²) in [5.74, 6) is 1.79. The van der Waals surface area contributed by atoms with Crippen LogP contribution in [0.4, 0.5) is 0 Å². The predicted octanol–water partition coefficient (Wildman–Crippen LogP) is 4.79. The van der Waals surface area contributed by atoms with Gasteiger partial charge in [0.25, 0.3) is 0 Å². The molecule has 1 aliphatic carbocycles. The van der Waals surface area contributed by atoms with Crippen molar-refractivity contribution in [3.05, 3.63) is 28.8 Å². The molecule has 3 heteroatoms. The summed E-state index contributed by atoms with van der Waals surface area (Å²) in [6.45, 7) is 7.76. The van der Waals surface area contributed by atoms with Crippen molar-refractivity contribution in [3.63, 3.8) is 0 Å². The molecule has 2 nitrogen and oxygen atoms in total. The van der Waals surface area contributed by atoms with E-state index >= 15 is 0 Å². The minimum absolute atomic E-state index is 0.146. The lowest BCUT2D eigenvalue weighted by Gasteiger charge is -2.41. The summed E-state index contributed by atoms with van der Waals surface area (Å²) >= 11 is 6.27. The standard InChI is InChI=1S/C18H28ClNO/c1-13(2)20-12-18(9-7-14(3)8-10-18)16-11-15(19)5-6-17(16)21-4/h5-6,11,13-14,20H,7-10,12H2,1-4H3. The van der Waals surface area contributed by atoms with Crippen LogP contribution in [-0.2, 0) is 5.41 Å². The van der Waals surface area contributed by atoms with Gasteiger partial charge in [-0.15, -0.1) is 0 Å². The molecule has 0 aromatic heterocycles. The van der Waals surface area contributed by atoms with E-state index in [2.05, 4.69) is 32.2 Å². The fourth-order valence-electron chi connectivity index (χ4n) is 3.35. The van der Waals surface area contributed by atoms with Crippen LogP contribution < -0.4 is 10.1 Å². The van der Waals surface area contributed by atoms with Crippen LogP contribution in [0, 0.1) is 5.92 Å². The van der Waals surface area contributed by atoms with Gasteiger partial charge in [-0.1, -0.05) is 32.4 Å². The van der Waals surface area contributed by atoms with Crippen molar-refractivity contribution in [1.82, 2.24) is 5.32 Å².